The number of carbonyl (C=O) groups is 1. The SMILES string of the molecule is NC(=O)C1CCCCN1CC(O)c1ccccc1N. The smallest absolute Gasteiger partial charge is 0.234 e. The highest BCUT2D eigenvalue weighted by Crippen LogP contribution is 2.24. The summed E-state index contributed by atoms with van der Waals surface area (Å²) in [5.74, 6) is -0.312. The summed E-state index contributed by atoms with van der Waals surface area (Å²) in [6, 6.07) is 6.98. The van der Waals surface area contributed by atoms with Gasteiger partial charge in [0, 0.05) is 17.8 Å². The second kappa shape index (κ2) is 6.04. The molecule has 2 rings (SSSR count). The zero-order chi connectivity index (χ0) is 13.8. The van der Waals surface area contributed by atoms with Crippen LogP contribution in [0.2, 0.25) is 0 Å². The van der Waals surface area contributed by atoms with Gasteiger partial charge in [-0.3, -0.25) is 9.69 Å². The number of carbonyl (C=O) groups excluding carboxylic acids is 1. The molecule has 1 amide bonds. The highest BCUT2D eigenvalue weighted by molar-refractivity contribution is 5.79. The van der Waals surface area contributed by atoms with Crippen molar-refractivity contribution < 1.29 is 9.90 Å². The van der Waals surface area contributed by atoms with Crippen LogP contribution in [-0.4, -0.2) is 35.0 Å². The number of piperidine rings is 1. The fourth-order valence-electron chi connectivity index (χ4n) is 2.67. The van der Waals surface area contributed by atoms with Crippen LogP contribution in [-0.2, 0) is 4.79 Å². The van der Waals surface area contributed by atoms with E-state index in [0.717, 1.165) is 25.8 Å². The van der Waals surface area contributed by atoms with Gasteiger partial charge in [-0.25, -0.2) is 0 Å². The molecule has 5 nitrogen and oxygen atoms in total. The number of aliphatic hydroxyl groups excluding tert-OH is 1. The Morgan fingerprint density at radius 2 is 2.16 bits per heavy atom. The van der Waals surface area contributed by atoms with Crippen LogP contribution < -0.4 is 11.5 Å². The lowest BCUT2D eigenvalue weighted by atomic mass is 9.99. The fourth-order valence-corrected chi connectivity index (χ4v) is 2.67. The van der Waals surface area contributed by atoms with Crippen LogP contribution >= 0.6 is 0 Å². The van der Waals surface area contributed by atoms with Gasteiger partial charge in [-0.2, -0.15) is 0 Å². The highest BCUT2D eigenvalue weighted by Gasteiger charge is 2.28. The first-order valence-electron chi connectivity index (χ1n) is 6.65. The minimum absolute atomic E-state index is 0.270. The van der Waals surface area contributed by atoms with Crippen LogP contribution in [0.25, 0.3) is 0 Å². The lowest BCUT2D eigenvalue weighted by Gasteiger charge is -2.35. The summed E-state index contributed by atoms with van der Waals surface area (Å²) in [5, 5.41) is 10.3. The minimum atomic E-state index is -0.693. The second-order valence-electron chi connectivity index (χ2n) is 5.05. The first kappa shape index (κ1) is 13.8. The third-order valence-electron chi connectivity index (χ3n) is 3.70. The van der Waals surface area contributed by atoms with Crippen molar-refractivity contribution >= 4 is 11.6 Å². The number of anilines is 1. The molecule has 5 heteroatoms. The van der Waals surface area contributed by atoms with E-state index in [4.69, 9.17) is 11.5 Å². The van der Waals surface area contributed by atoms with Gasteiger partial charge in [-0.1, -0.05) is 24.6 Å². The number of para-hydroxylation sites is 1. The van der Waals surface area contributed by atoms with Crippen molar-refractivity contribution in [3.63, 3.8) is 0 Å². The number of aliphatic hydroxyl groups is 1. The van der Waals surface area contributed by atoms with Crippen molar-refractivity contribution in [1.29, 1.82) is 0 Å². The van der Waals surface area contributed by atoms with Gasteiger partial charge in [0.15, 0.2) is 0 Å². The Morgan fingerprint density at radius 3 is 2.84 bits per heavy atom. The molecule has 0 saturated carbocycles. The van der Waals surface area contributed by atoms with E-state index < -0.39 is 6.10 Å². The maximum absolute atomic E-state index is 11.4. The molecule has 1 fully saturated rings. The molecule has 1 aromatic carbocycles. The Kier molecular flexibility index (Phi) is 4.39. The number of rotatable bonds is 4. The predicted molar refractivity (Wildman–Crippen MR) is 74.2 cm³/mol. The molecule has 1 aromatic rings. The zero-order valence-electron chi connectivity index (χ0n) is 11.0. The lowest BCUT2D eigenvalue weighted by molar-refractivity contribution is -0.125. The van der Waals surface area contributed by atoms with Gasteiger partial charge < -0.3 is 16.6 Å². The molecule has 1 aliphatic rings. The Hall–Kier alpha value is -1.59. The summed E-state index contributed by atoms with van der Waals surface area (Å²) in [4.78, 5) is 13.4. The van der Waals surface area contributed by atoms with Gasteiger partial charge in [0.25, 0.3) is 0 Å². The number of β-amino-alcohol motifs (C(OH)–C–C–N with tert-alkyl or cyclic N) is 1. The van der Waals surface area contributed by atoms with Gasteiger partial charge in [0.2, 0.25) is 5.91 Å². The largest absolute Gasteiger partial charge is 0.398 e. The molecule has 0 aliphatic carbocycles. The van der Waals surface area contributed by atoms with Crippen LogP contribution in [0.3, 0.4) is 0 Å². The van der Waals surface area contributed by atoms with Crippen molar-refractivity contribution in [3.05, 3.63) is 29.8 Å². The number of benzene rings is 1. The van der Waals surface area contributed by atoms with Crippen LogP contribution in [0.4, 0.5) is 5.69 Å². The Balaban J connectivity index is 2.07. The monoisotopic (exact) mass is 263 g/mol. The topological polar surface area (TPSA) is 92.6 Å². The minimum Gasteiger partial charge on any atom is -0.398 e. The highest BCUT2D eigenvalue weighted by atomic mass is 16.3. The van der Waals surface area contributed by atoms with E-state index in [-0.39, 0.29) is 11.9 Å². The van der Waals surface area contributed by atoms with E-state index in [9.17, 15) is 9.90 Å². The number of amides is 1. The van der Waals surface area contributed by atoms with Crippen LogP contribution in [0.5, 0.6) is 0 Å². The number of primary amides is 1. The number of likely N-dealkylation sites (tertiary alicyclic amines) is 1. The van der Waals surface area contributed by atoms with Crippen LogP contribution in [0.15, 0.2) is 24.3 Å². The molecule has 0 radical (unpaired) electrons. The summed E-state index contributed by atoms with van der Waals surface area (Å²) in [6.07, 6.45) is 2.11. The molecule has 19 heavy (non-hydrogen) atoms. The quantitative estimate of drug-likeness (QED) is 0.695. The second-order valence-corrected chi connectivity index (χ2v) is 5.05. The van der Waals surface area contributed by atoms with Gasteiger partial charge in [0.05, 0.1) is 12.1 Å². The van der Waals surface area contributed by atoms with Gasteiger partial charge >= 0.3 is 0 Å². The van der Waals surface area contributed by atoms with Crippen molar-refractivity contribution in [1.82, 2.24) is 4.90 Å². The average molecular weight is 263 g/mol. The van der Waals surface area contributed by atoms with E-state index in [0.29, 0.717) is 17.8 Å². The molecule has 5 N–H and O–H groups in total. The standard InChI is InChI=1S/C14H21N3O2/c15-11-6-2-1-5-10(11)13(18)9-17-8-4-3-7-12(17)14(16)19/h1-2,5-6,12-13,18H,3-4,7-9,15H2,(H2,16,19). The molecule has 0 aromatic heterocycles. The number of hydrogen-bond acceptors (Lipinski definition) is 4. The van der Waals surface area contributed by atoms with Crippen molar-refractivity contribution in [3.8, 4) is 0 Å². The summed E-state index contributed by atoms with van der Waals surface area (Å²) in [7, 11) is 0. The predicted octanol–water partition coefficient (Wildman–Crippen LogP) is 0.642. The molecule has 0 spiro atoms. The Labute approximate surface area is 113 Å². The Morgan fingerprint density at radius 1 is 1.42 bits per heavy atom. The molecule has 2 unspecified atom stereocenters. The third kappa shape index (κ3) is 3.24. The summed E-state index contributed by atoms with van der Waals surface area (Å²) >= 11 is 0. The van der Waals surface area contributed by atoms with Crippen molar-refractivity contribution in [2.24, 2.45) is 5.73 Å². The van der Waals surface area contributed by atoms with Gasteiger partial charge in [0.1, 0.15) is 0 Å². The molecular weight excluding hydrogens is 242 g/mol. The molecule has 1 saturated heterocycles. The molecule has 0 bridgehead atoms. The van der Waals surface area contributed by atoms with E-state index in [1.54, 1.807) is 6.07 Å². The maximum Gasteiger partial charge on any atom is 0.234 e. The van der Waals surface area contributed by atoms with Crippen molar-refractivity contribution in [2.75, 3.05) is 18.8 Å². The molecule has 2 atom stereocenters. The number of hydrogen-bond donors (Lipinski definition) is 3. The normalized spacial score (nSPS) is 22.1. The van der Waals surface area contributed by atoms with E-state index >= 15 is 0 Å². The van der Waals surface area contributed by atoms with E-state index in [1.807, 2.05) is 23.1 Å². The summed E-state index contributed by atoms with van der Waals surface area (Å²) < 4.78 is 0. The lowest BCUT2D eigenvalue weighted by Crippen LogP contribution is -2.49. The number of nitrogen functional groups attached to an aromatic ring is 1. The molecule has 1 aliphatic heterocycles. The average Bonchev–Trinajstić information content (AvgIpc) is 2.39. The summed E-state index contributed by atoms with van der Waals surface area (Å²) in [5.41, 5.74) is 12.5. The van der Waals surface area contributed by atoms with Crippen LogP contribution in [0, 0.1) is 0 Å². The third-order valence-corrected chi connectivity index (χ3v) is 3.70. The van der Waals surface area contributed by atoms with E-state index in [1.165, 1.54) is 0 Å². The Bertz CT molecular complexity index is 450. The van der Waals surface area contributed by atoms with Crippen molar-refractivity contribution in [2.45, 2.75) is 31.4 Å². The van der Waals surface area contributed by atoms with Crippen LogP contribution in [0.1, 0.15) is 30.9 Å². The maximum atomic E-state index is 11.4. The zero-order valence-corrected chi connectivity index (χ0v) is 11.0. The molecular formula is C14H21N3O2. The molecule has 104 valence electrons. The van der Waals surface area contributed by atoms with E-state index in [2.05, 4.69) is 0 Å². The number of nitrogens with zero attached hydrogens (tertiary/aromatic N) is 1. The van der Waals surface area contributed by atoms with Gasteiger partial charge in [-0.15, -0.1) is 0 Å². The first-order valence-corrected chi connectivity index (χ1v) is 6.65. The molecule has 1 heterocycles. The first-order chi connectivity index (χ1) is 9.09. The van der Waals surface area contributed by atoms with Gasteiger partial charge in [-0.05, 0) is 25.5 Å². The summed E-state index contributed by atoms with van der Waals surface area (Å²) in [6.45, 7) is 1.18. The fraction of sp³-hybridized carbons (Fsp3) is 0.500. The number of nitrogens with two attached hydrogens (primary N) is 2.